The van der Waals surface area contributed by atoms with E-state index in [2.05, 4.69) is 5.32 Å². The average molecular weight is 474 g/mol. The van der Waals surface area contributed by atoms with Gasteiger partial charge in [-0.1, -0.05) is 11.6 Å². The molecule has 0 atom stereocenters. The number of anilines is 2. The van der Waals surface area contributed by atoms with E-state index in [1.807, 2.05) is 0 Å². The largest absolute Gasteiger partial charge is 0.496 e. The van der Waals surface area contributed by atoms with Crippen molar-refractivity contribution in [3.63, 3.8) is 0 Å². The number of ketones is 1. The van der Waals surface area contributed by atoms with Crippen LogP contribution in [-0.4, -0.2) is 24.7 Å². The average Bonchev–Trinajstić information content (AvgIpc) is 2.74. The molecule has 0 saturated heterocycles. The molecule has 7 nitrogen and oxygen atoms in total. The van der Waals surface area contributed by atoms with Crippen LogP contribution < -0.4 is 21.5 Å². The van der Waals surface area contributed by atoms with Gasteiger partial charge in [0, 0.05) is 22.9 Å². The third kappa shape index (κ3) is 5.09. The number of halogens is 3. The summed E-state index contributed by atoms with van der Waals surface area (Å²) < 4.78 is 32.3. The molecule has 0 aliphatic rings. The fourth-order valence-corrected chi connectivity index (χ4v) is 3.56. The molecule has 0 aliphatic heterocycles. The van der Waals surface area contributed by atoms with Gasteiger partial charge in [-0.05, 0) is 48.0 Å². The first-order chi connectivity index (χ1) is 15.6. The van der Waals surface area contributed by atoms with Gasteiger partial charge in [-0.15, -0.1) is 0 Å². The molecule has 0 aromatic heterocycles. The number of carbonyl (C=O) groups excluding carboxylic acids is 3. The molecule has 2 amide bonds. The molecular formula is C23H18ClF2N3O4. The van der Waals surface area contributed by atoms with Gasteiger partial charge in [-0.3, -0.25) is 14.4 Å². The number of primary amides is 2. The lowest BCUT2D eigenvalue weighted by molar-refractivity contribution is -0.117. The number of methoxy groups -OCH3 is 1. The van der Waals surface area contributed by atoms with E-state index < -0.39 is 35.7 Å². The Hall–Kier alpha value is -3.98. The highest BCUT2D eigenvalue weighted by atomic mass is 35.5. The summed E-state index contributed by atoms with van der Waals surface area (Å²) in [5.74, 6) is -3.73. The molecule has 3 aromatic carbocycles. The summed E-state index contributed by atoms with van der Waals surface area (Å²) in [5, 5.41) is 2.74. The number of hydrogen-bond donors (Lipinski definition) is 3. The van der Waals surface area contributed by atoms with Crippen LogP contribution in [-0.2, 0) is 11.2 Å². The first-order valence-electron chi connectivity index (χ1n) is 9.46. The standard InChI is InChI=1S/C23H18ClF2N3O4/c1-33-19-7-5-13(23(28)32)15(10-20(27)30)21(19)22(31)14-4-3-12(9-16(14)24)29-18-6-2-11(25)8-17(18)26/h2-9,29H,10H2,1H3,(H2,27,30)(H2,28,32). The molecule has 0 saturated carbocycles. The van der Waals surface area contributed by atoms with Gasteiger partial charge in [0.25, 0.3) is 0 Å². The molecule has 0 spiro atoms. The SMILES string of the molecule is COc1ccc(C(N)=O)c(CC(N)=O)c1C(=O)c1ccc(Nc2ccc(F)cc2F)cc1Cl. The van der Waals surface area contributed by atoms with E-state index in [1.54, 1.807) is 0 Å². The number of ether oxygens (including phenoxy) is 1. The molecule has 0 fully saturated rings. The van der Waals surface area contributed by atoms with Crippen molar-refractivity contribution in [3.8, 4) is 5.75 Å². The van der Waals surface area contributed by atoms with Crippen LogP contribution in [0.1, 0.15) is 31.8 Å². The van der Waals surface area contributed by atoms with Crippen LogP contribution in [0.2, 0.25) is 5.02 Å². The highest BCUT2D eigenvalue weighted by Gasteiger charge is 2.26. The monoisotopic (exact) mass is 473 g/mol. The summed E-state index contributed by atoms with van der Waals surface area (Å²) in [6.45, 7) is 0. The number of amides is 2. The van der Waals surface area contributed by atoms with Gasteiger partial charge < -0.3 is 21.5 Å². The smallest absolute Gasteiger partial charge is 0.249 e. The Balaban J connectivity index is 2.05. The number of hydrogen-bond acceptors (Lipinski definition) is 5. The zero-order valence-corrected chi connectivity index (χ0v) is 18.0. The third-order valence-electron chi connectivity index (χ3n) is 4.76. The topological polar surface area (TPSA) is 125 Å². The van der Waals surface area contributed by atoms with Crippen LogP contribution in [0.5, 0.6) is 5.75 Å². The maximum absolute atomic E-state index is 13.9. The highest BCUT2D eigenvalue weighted by molar-refractivity contribution is 6.35. The lowest BCUT2D eigenvalue weighted by Crippen LogP contribution is -2.23. The second-order valence-corrected chi connectivity index (χ2v) is 7.36. The number of carbonyl (C=O) groups is 3. The van der Waals surface area contributed by atoms with Crippen molar-refractivity contribution >= 4 is 40.6 Å². The number of nitrogens with one attached hydrogen (secondary N) is 1. The van der Waals surface area contributed by atoms with Crippen molar-refractivity contribution in [2.24, 2.45) is 11.5 Å². The minimum atomic E-state index is -0.852. The van der Waals surface area contributed by atoms with Crippen LogP contribution in [0.4, 0.5) is 20.2 Å². The maximum Gasteiger partial charge on any atom is 0.249 e. The van der Waals surface area contributed by atoms with Gasteiger partial charge in [0.2, 0.25) is 11.8 Å². The van der Waals surface area contributed by atoms with Crippen LogP contribution in [0.15, 0.2) is 48.5 Å². The summed E-state index contributed by atoms with van der Waals surface area (Å²) in [6.07, 6.45) is -0.433. The summed E-state index contributed by atoms with van der Waals surface area (Å²) >= 11 is 6.32. The minimum absolute atomic E-state index is 0.00566. The molecular weight excluding hydrogens is 456 g/mol. The second-order valence-electron chi connectivity index (χ2n) is 6.95. The number of rotatable bonds is 8. The quantitative estimate of drug-likeness (QED) is 0.430. The van der Waals surface area contributed by atoms with Crippen LogP contribution in [0.25, 0.3) is 0 Å². The van der Waals surface area contributed by atoms with E-state index in [0.29, 0.717) is 5.69 Å². The Morgan fingerprint density at radius 2 is 1.70 bits per heavy atom. The van der Waals surface area contributed by atoms with E-state index in [9.17, 15) is 23.2 Å². The fourth-order valence-electron chi connectivity index (χ4n) is 3.29. The lowest BCUT2D eigenvalue weighted by atomic mass is 9.91. The van der Waals surface area contributed by atoms with Crippen molar-refractivity contribution in [2.75, 3.05) is 12.4 Å². The third-order valence-corrected chi connectivity index (χ3v) is 5.07. The Morgan fingerprint density at radius 1 is 1.00 bits per heavy atom. The van der Waals surface area contributed by atoms with E-state index in [0.717, 1.165) is 12.1 Å². The molecule has 33 heavy (non-hydrogen) atoms. The van der Waals surface area contributed by atoms with Crippen molar-refractivity contribution in [2.45, 2.75) is 6.42 Å². The molecule has 5 N–H and O–H groups in total. The number of benzene rings is 3. The van der Waals surface area contributed by atoms with E-state index >= 15 is 0 Å². The summed E-state index contributed by atoms with van der Waals surface area (Å²) in [4.78, 5) is 36.9. The van der Waals surface area contributed by atoms with Crippen molar-refractivity contribution in [3.05, 3.63) is 87.4 Å². The highest BCUT2D eigenvalue weighted by Crippen LogP contribution is 2.32. The van der Waals surface area contributed by atoms with Gasteiger partial charge in [0.1, 0.15) is 17.4 Å². The van der Waals surface area contributed by atoms with E-state index in [1.165, 1.54) is 43.5 Å². The molecule has 3 aromatic rings. The first kappa shape index (κ1) is 23.7. The molecule has 0 aliphatic carbocycles. The molecule has 3 rings (SSSR count). The molecule has 0 radical (unpaired) electrons. The first-order valence-corrected chi connectivity index (χ1v) is 9.84. The Labute approximate surface area is 192 Å². The van der Waals surface area contributed by atoms with Gasteiger partial charge >= 0.3 is 0 Å². The fraction of sp³-hybridized carbons (Fsp3) is 0.0870. The number of nitrogens with two attached hydrogens (primary N) is 2. The maximum atomic E-state index is 13.9. The molecule has 0 unspecified atom stereocenters. The van der Waals surface area contributed by atoms with Crippen molar-refractivity contribution in [1.29, 1.82) is 0 Å². The normalized spacial score (nSPS) is 10.5. The van der Waals surface area contributed by atoms with Gasteiger partial charge in [-0.2, -0.15) is 0 Å². The minimum Gasteiger partial charge on any atom is -0.496 e. The zero-order chi connectivity index (χ0) is 24.3. The van der Waals surface area contributed by atoms with Crippen LogP contribution in [0, 0.1) is 11.6 Å². The summed E-state index contributed by atoms with van der Waals surface area (Å²) in [7, 11) is 1.32. The summed E-state index contributed by atoms with van der Waals surface area (Å²) in [5.41, 5.74) is 10.9. The van der Waals surface area contributed by atoms with Crippen molar-refractivity contribution in [1.82, 2.24) is 0 Å². The molecule has 10 heteroatoms. The Morgan fingerprint density at radius 3 is 2.27 bits per heavy atom. The van der Waals surface area contributed by atoms with E-state index in [-0.39, 0.29) is 38.7 Å². The van der Waals surface area contributed by atoms with Gasteiger partial charge in [-0.25, -0.2) is 8.78 Å². The Bertz CT molecular complexity index is 1280. The molecule has 0 bridgehead atoms. The van der Waals surface area contributed by atoms with Crippen LogP contribution in [0.3, 0.4) is 0 Å². The summed E-state index contributed by atoms with van der Waals surface area (Å²) in [6, 6.07) is 9.94. The predicted octanol–water partition coefficient (Wildman–Crippen LogP) is 3.73. The predicted molar refractivity (Wildman–Crippen MR) is 119 cm³/mol. The second kappa shape index (κ2) is 9.66. The zero-order valence-electron chi connectivity index (χ0n) is 17.2. The van der Waals surface area contributed by atoms with Gasteiger partial charge in [0.05, 0.1) is 29.8 Å². The lowest BCUT2D eigenvalue weighted by Gasteiger charge is -2.16. The van der Waals surface area contributed by atoms with Gasteiger partial charge in [0.15, 0.2) is 5.78 Å². The van der Waals surface area contributed by atoms with E-state index in [4.69, 9.17) is 27.8 Å². The molecule has 0 heterocycles. The van der Waals surface area contributed by atoms with Crippen LogP contribution >= 0.6 is 11.6 Å². The Kier molecular flexibility index (Phi) is 6.93. The van der Waals surface area contributed by atoms with Crippen molar-refractivity contribution < 1.29 is 27.9 Å². The molecule has 170 valence electrons.